The highest BCUT2D eigenvalue weighted by atomic mass is 19.4. The Kier molecular flexibility index (Phi) is 2.45. The molecule has 0 amide bonds. The van der Waals surface area contributed by atoms with Gasteiger partial charge in [0, 0.05) is 5.56 Å². The average molecular weight is 191 g/mol. The zero-order chi connectivity index (χ0) is 10.1. The maximum atomic E-state index is 12.0. The Morgan fingerprint density at radius 2 is 2.00 bits per heavy atom. The van der Waals surface area contributed by atoms with Gasteiger partial charge < -0.3 is 4.98 Å². The van der Waals surface area contributed by atoms with Crippen LogP contribution in [0.2, 0.25) is 0 Å². The van der Waals surface area contributed by atoms with Crippen molar-refractivity contribution in [2.75, 3.05) is 0 Å². The van der Waals surface area contributed by atoms with Crippen molar-refractivity contribution in [2.45, 2.75) is 19.5 Å². The smallest absolute Gasteiger partial charge is 0.318 e. The molecule has 2 nitrogen and oxygen atoms in total. The molecule has 1 heterocycles. The third-order valence-electron chi connectivity index (χ3n) is 1.68. The summed E-state index contributed by atoms with van der Waals surface area (Å²) in [6.45, 7) is 1.71. The topological polar surface area (TPSA) is 32.9 Å². The van der Waals surface area contributed by atoms with Gasteiger partial charge in [-0.1, -0.05) is 13.0 Å². The minimum absolute atomic E-state index is 0.355. The third-order valence-corrected chi connectivity index (χ3v) is 1.68. The highest BCUT2D eigenvalue weighted by Gasteiger charge is 2.31. The van der Waals surface area contributed by atoms with Crippen LogP contribution in [0.3, 0.4) is 0 Å². The highest BCUT2D eigenvalue weighted by Crippen LogP contribution is 2.26. The molecule has 0 unspecified atom stereocenters. The van der Waals surface area contributed by atoms with Gasteiger partial charge in [-0.25, -0.2) is 0 Å². The Bertz CT molecular complexity index is 353. The van der Waals surface area contributed by atoms with Crippen LogP contribution in [0.4, 0.5) is 13.2 Å². The summed E-state index contributed by atoms with van der Waals surface area (Å²) in [6, 6.07) is 2.07. The highest BCUT2D eigenvalue weighted by molar-refractivity contribution is 5.15. The second-order valence-corrected chi connectivity index (χ2v) is 2.58. The first kappa shape index (κ1) is 9.83. The van der Waals surface area contributed by atoms with Crippen molar-refractivity contribution in [1.82, 2.24) is 4.98 Å². The van der Waals surface area contributed by atoms with E-state index in [1.54, 1.807) is 11.9 Å². The number of H-pyrrole nitrogens is 1. The number of aryl methyl sites for hydroxylation is 1. The third kappa shape index (κ3) is 2.11. The molecule has 72 valence electrons. The first-order valence-electron chi connectivity index (χ1n) is 3.74. The number of aromatic nitrogens is 1. The molecule has 0 bridgehead atoms. The molecule has 0 aliphatic carbocycles. The number of rotatable bonds is 1. The van der Waals surface area contributed by atoms with Crippen LogP contribution in [0.25, 0.3) is 0 Å². The fourth-order valence-electron chi connectivity index (χ4n) is 0.948. The number of nitrogens with one attached hydrogen (secondary N) is 1. The van der Waals surface area contributed by atoms with Crippen LogP contribution >= 0.6 is 0 Å². The molecule has 0 fully saturated rings. The van der Waals surface area contributed by atoms with Gasteiger partial charge in [0.1, 0.15) is 5.69 Å². The van der Waals surface area contributed by atoms with Crippen LogP contribution in [0.15, 0.2) is 16.9 Å². The summed E-state index contributed by atoms with van der Waals surface area (Å²) in [5.41, 5.74) is -1.32. The van der Waals surface area contributed by atoms with E-state index in [-0.39, 0.29) is 0 Å². The molecule has 0 atom stereocenters. The molecule has 0 saturated carbocycles. The predicted molar refractivity (Wildman–Crippen MR) is 41.4 cm³/mol. The minimum atomic E-state index is -4.48. The molecule has 1 aromatic heterocycles. The lowest BCUT2D eigenvalue weighted by molar-refractivity contribution is -0.141. The molecular weight excluding hydrogens is 183 g/mol. The summed E-state index contributed by atoms with van der Waals surface area (Å²) in [5.74, 6) is 0. The van der Waals surface area contributed by atoms with Crippen molar-refractivity contribution < 1.29 is 13.2 Å². The Labute approximate surface area is 72.4 Å². The lowest BCUT2D eigenvalue weighted by atomic mass is 10.2. The lowest BCUT2D eigenvalue weighted by Gasteiger charge is -2.05. The van der Waals surface area contributed by atoms with Gasteiger partial charge in [0.25, 0.3) is 5.56 Å². The van der Waals surface area contributed by atoms with Crippen LogP contribution in [-0.2, 0) is 12.6 Å². The molecular formula is C8H8F3NO. The van der Waals surface area contributed by atoms with Gasteiger partial charge in [0.2, 0.25) is 0 Å². The van der Waals surface area contributed by atoms with E-state index >= 15 is 0 Å². The number of pyridine rings is 1. The first-order valence-corrected chi connectivity index (χ1v) is 3.74. The van der Waals surface area contributed by atoms with Crippen LogP contribution in [0.5, 0.6) is 0 Å². The van der Waals surface area contributed by atoms with Crippen molar-refractivity contribution in [1.29, 1.82) is 0 Å². The number of hydrogen-bond donors (Lipinski definition) is 1. The molecule has 13 heavy (non-hydrogen) atoms. The van der Waals surface area contributed by atoms with E-state index in [0.29, 0.717) is 12.0 Å². The van der Waals surface area contributed by atoms with E-state index in [4.69, 9.17) is 0 Å². The molecule has 5 heteroatoms. The van der Waals surface area contributed by atoms with E-state index in [9.17, 15) is 18.0 Å². The maximum Gasteiger partial charge on any atom is 0.431 e. The molecule has 1 aromatic rings. The van der Waals surface area contributed by atoms with Crippen molar-refractivity contribution in [3.63, 3.8) is 0 Å². The van der Waals surface area contributed by atoms with Gasteiger partial charge in [-0.3, -0.25) is 4.79 Å². The van der Waals surface area contributed by atoms with E-state index in [1.165, 1.54) is 6.07 Å². The van der Waals surface area contributed by atoms with E-state index in [2.05, 4.69) is 0 Å². The Morgan fingerprint density at radius 1 is 1.38 bits per heavy atom. The van der Waals surface area contributed by atoms with Gasteiger partial charge >= 0.3 is 6.18 Å². The van der Waals surface area contributed by atoms with Crippen LogP contribution in [0, 0.1) is 0 Å². The van der Waals surface area contributed by atoms with Crippen LogP contribution in [0.1, 0.15) is 18.2 Å². The molecule has 0 aromatic carbocycles. The van der Waals surface area contributed by atoms with Gasteiger partial charge in [-0.05, 0) is 12.5 Å². The summed E-state index contributed by atoms with van der Waals surface area (Å²) < 4.78 is 36.1. The second kappa shape index (κ2) is 3.24. The van der Waals surface area contributed by atoms with E-state index in [1.807, 2.05) is 0 Å². The Balaban J connectivity index is 3.18. The Morgan fingerprint density at radius 3 is 2.38 bits per heavy atom. The van der Waals surface area contributed by atoms with E-state index in [0.717, 1.165) is 6.07 Å². The fourth-order valence-corrected chi connectivity index (χ4v) is 0.948. The fraction of sp³-hybridized carbons (Fsp3) is 0.375. The predicted octanol–water partition coefficient (Wildman–Crippen LogP) is 1.96. The number of aromatic amines is 1. The summed E-state index contributed by atoms with van der Waals surface area (Å²) in [7, 11) is 0. The largest absolute Gasteiger partial charge is 0.431 e. The minimum Gasteiger partial charge on any atom is -0.318 e. The van der Waals surface area contributed by atoms with Crippen LogP contribution < -0.4 is 5.56 Å². The second-order valence-electron chi connectivity index (χ2n) is 2.58. The molecule has 1 N–H and O–H groups in total. The number of hydrogen-bond acceptors (Lipinski definition) is 1. The number of alkyl halides is 3. The van der Waals surface area contributed by atoms with E-state index < -0.39 is 17.4 Å². The van der Waals surface area contributed by atoms with Crippen molar-refractivity contribution in [2.24, 2.45) is 0 Å². The monoisotopic (exact) mass is 191 g/mol. The summed E-state index contributed by atoms with van der Waals surface area (Å²) in [4.78, 5) is 12.7. The normalized spacial score (nSPS) is 11.7. The zero-order valence-electron chi connectivity index (χ0n) is 6.90. The molecule has 0 aliphatic heterocycles. The standard InChI is InChI=1S/C8H8F3NO/c1-2-5-3-4-6(8(9,10)11)12-7(5)13/h3-4H,2H2,1H3,(H,12,13). The average Bonchev–Trinajstić information content (AvgIpc) is 2.02. The van der Waals surface area contributed by atoms with Crippen LogP contribution in [-0.4, -0.2) is 4.98 Å². The summed E-state index contributed by atoms with van der Waals surface area (Å²) >= 11 is 0. The molecule has 0 spiro atoms. The molecule has 1 rings (SSSR count). The summed E-state index contributed by atoms with van der Waals surface area (Å²) in [6.07, 6.45) is -4.06. The molecule has 0 saturated heterocycles. The van der Waals surface area contributed by atoms with Gasteiger partial charge in [-0.15, -0.1) is 0 Å². The van der Waals surface area contributed by atoms with Gasteiger partial charge in [-0.2, -0.15) is 13.2 Å². The molecule has 0 aliphatic rings. The zero-order valence-corrected chi connectivity index (χ0v) is 6.90. The maximum absolute atomic E-state index is 12.0. The van der Waals surface area contributed by atoms with Crippen molar-refractivity contribution in [3.8, 4) is 0 Å². The summed E-state index contributed by atoms with van der Waals surface area (Å²) in [5, 5.41) is 0. The van der Waals surface area contributed by atoms with Crippen molar-refractivity contribution >= 4 is 0 Å². The lowest BCUT2D eigenvalue weighted by Crippen LogP contribution is -2.18. The first-order chi connectivity index (χ1) is 5.95. The number of halogens is 3. The van der Waals surface area contributed by atoms with Crippen molar-refractivity contribution in [3.05, 3.63) is 33.7 Å². The van der Waals surface area contributed by atoms with Gasteiger partial charge in [0.05, 0.1) is 0 Å². The molecule has 0 radical (unpaired) electrons. The SMILES string of the molecule is CCc1ccc(C(F)(F)F)[nH]c1=O. The Hall–Kier alpha value is -1.26. The quantitative estimate of drug-likeness (QED) is 0.723. The van der Waals surface area contributed by atoms with Gasteiger partial charge in [0.15, 0.2) is 0 Å².